The van der Waals surface area contributed by atoms with Crippen LogP contribution in [0.15, 0.2) is 30.5 Å². The Hall–Kier alpha value is -3.09. The van der Waals surface area contributed by atoms with Gasteiger partial charge in [-0.05, 0) is 54.7 Å². The van der Waals surface area contributed by atoms with Crippen LogP contribution in [0.5, 0.6) is 11.5 Å². The molecule has 0 unspecified atom stereocenters. The average Bonchev–Trinajstić information content (AvgIpc) is 3.55. The van der Waals surface area contributed by atoms with Crippen LogP contribution in [0.1, 0.15) is 44.8 Å². The third kappa shape index (κ3) is 3.65. The molecule has 0 atom stereocenters. The van der Waals surface area contributed by atoms with Gasteiger partial charge in [-0.1, -0.05) is 0 Å². The van der Waals surface area contributed by atoms with Crippen molar-refractivity contribution < 1.29 is 19.1 Å². The van der Waals surface area contributed by atoms with Crippen molar-refractivity contribution in [3.05, 3.63) is 52.8 Å². The van der Waals surface area contributed by atoms with Crippen molar-refractivity contribution >= 4 is 11.8 Å². The minimum atomic E-state index is -0.179. The highest BCUT2D eigenvalue weighted by Gasteiger charge is 2.26. The first-order valence-corrected chi connectivity index (χ1v) is 9.39. The summed E-state index contributed by atoms with van der Waals surface area (Å²) < 4.78 is 10.7. The molecular formula is C21H23N3O4. The second-order valence-electron chi connectivity index (χ2n) is 7.13. The van der Waals surface area contributed by atoms with Crippen molar-refractivity contribution in [2.24, 2.45) is 0 Å². The van der Waals surface area contributed by atoms with Crippen LogP contribution in [-0.4, -0.2) is 48.5 Å². The van der Waals surface area contributed by atoms with E-state index in [0.717, 1.165) is 30.4 Å². The molecule has 2 aromatic rings. The molecule has 1 aliphatic carbocycles. The lowest BCUT2D eigenvalue weighted by atomic mass is 9.98. The van der Waals surface area contributed by atoms with Crippen molar-refractivity contribution in [1.82, 2.24) is 15.2 Å². The summed E-state index contributed by atoms with van der Waals surface area (Å²) in [5, 5.41) is 2.93. The number of hydrogen-bond donors (Lipinski definition) is 1. The molecule has 1 aromatic carbocycles. The Labute approximate surface area is 163 Å². The Bertz CT molecular complexity index is 924. The van der Waals surface area contributed by atoms with Gasteiger partial charge in [0.2, 0.25) is 0 Å². The van der Waals surface area contributed by atoms with Gasteiger partial charge >= 0.3 is 0 Å². The molecule has 1 N–H and O–H groups in total. The lowest BCUT2D eigenvalue weighted by Crippen LogP contribution is -2.36. The van der Waals surface area contributed by atoms with Crippen molar-refractivity contribution in [2.45, 2.75) is 31.8 Å². The molecule has 0 spiro atoms. The number of hydrogen-bond acceptors (Lipinski definition) is 5. The number of benzene rings is 1. The van der Waals surface area contributed by atoms with E-state index in [0.29, 0.717) is 30.2 Å². The fraction of sp³-hybridized carbons (Fsp3) is 0.381. The summed E-state index contributed by atoms with van der Waals surface area (Å²) in [6.45, 7) is 1.05. The van der Waals surface area contributed by atoms with Crippen LogP contribution in [-0.2, 0) is 13.0 Å². The fourth-order valence-corrected chi connectivity index (χ4v) is 3.40. The minimum absolute atomic E-state index is 0.153. The number of carbonyl (C=O) groups excluding carboxylic acids is 2. The van der Waals surface area contributed by atoms with Gasteiger partial charge in [0.05, 0.1) is 14.2 Å². The van der Waals surface area contributed by atoms with E-state index in [4.69, 9.17) is 9.47 Å². The van der Waals surface area contributed by atoms with Gasteiger partial charge < -0.3 is 19.7 Å². The Kier molecular flexibility index (Phi) is 4.90. The molecule has 1 fully saturated rings. The van der Waals surface area contributed by atoms with Gasteiger partial charge in [-0.25, -0.2) is 0 Å². The largest absolute Gasteiger partial charge is 0.493 e. The molecule has 1 aliphatic heterocycles. The van der Waals surface area contributed by atoms with Crippen LogP contribution in [0.4, 0.5) is 0 Å². The molecule has 146 valence electrons. The average molecular weight is 381 g/mol. The van der Waals surface area contributed by atoms with Gasteiger partial charge in [0, 0.05) is 30.9 Å². The summed E-state index contributed by atoms with van der Waals surface area (Å²) in [5.74, 6) is 1.01. The maximum atomic E-state index is 13.0. The highest BCUT2D eigenvalue weighted by atomic mass is 16.5. The first kappa shape index (κ1) is 18.3. The second kappa shape index (κ2) is 7.50. The normalized spacial score (nSPS) is 15.6. The fourth-order valence-electron chi connectivity index (χ4n) is 3.40. The van der Waals surface area contributed by atoms with Crippen LogP contribution in [0.25, 0.3) is 0 Å². The number of ether oxygens (including phenoxy) is 2. The van der Waals surface area contributed by atoms with E-state index in [-0.39, 0.29) is 23.6 Å². The van der Waals surface area contributed by atoms with E-state index in [2.05, 4.69) is 10.3 Å². The number of pyridine rings is 1. The van der Waals surface area contributed by atoms with E-state index in [1.807, 2.05) is 12.1 Å². The van der Waals surface area contributed by atoms with Crippen molar-refractivity contribution in [1.29, 1.82) is 0 Å². The zero-order valence-electron chi connectivity index (χ0n) is 16.0. The van der Waals surface area contributed by atoms with E-state index >= 15 is 0 Å². The molecular weight excluding hydrogens is 358 g/mol. The zero-order valence-corrected chi connectivity index (χ0v) is 16.0. The molecule has 7 heteroatoms. The monoisotopic (exact) mass is 381 g/mol. The van der Waals surface area contributed by atoms with Gasteiger partial charge in [-0.15, -0.1) is 0 Å². The Morgan fingerprint density at radius 1 is 1.11 bits per heavy atom. The lowest BCUT2D eigenvalue weighted by molar-refractivity contribution is 0.0728. The highest BCUT2D eigenvalue weighted by molar-refractivity contribution is 5.98. The van der Waals surface area contributed by atoms with Crippen LogP contribution < -0.4 is 14.8 Å². The number of rotatable bonds is 5. The first-order chi connectivity index (χ1) is 13.6. The van der Waals surface area contributed by atoms with Crippen LogP contribution in [0, 0.1) is 0 Å². The Morgan fingerprint density at radius 2 is 1.82 bits per heavy atom. The smallest absolute Gasteiger partial charge is 0.272 e. The maximum Gasteiger partial charge on any atom is 0.272 e. The van der Waals surface area contributed by atoms with E-state index < -0.39 is 0 Å². The van der Waals surface area contributed by atoms with Crippen molar-refractivity contribution in [3.63, 3.8) is 0 Å². The predicted molar refractivity (Wildman–Crippen MR) is 103 cm³/mol. The van der Waals surface area contributed by atoms with Gasteiger partial charge in [0.15, 0.2) is 11.5 Å². The molecule has 1 aromatic heterocycles. The quantitative estimate of drug-likeness (QED) is 0.859. The molecule has 28 heavy (non-hydrogen) atoms. The number of nitrogens with one attached hydrogen (secondary N) is 1. The van der Waals surface area contributed by atoms with Crippen LogP contribution in [0.2, 0.25) is 0 Å². The minimum Gasteiger partial charge on any atom is -0.493 e. The van der Waals surface area contributed by atoms with E-state index in [1.54, 1.807) is 31.3 Å². The van der Waals surface area contributed by atoms with Gasteiger partial charge in [0.1, 0.15) is 5.69 Å². The summed E-state index contributed by atoms with van der Waals surface area (Å²) in [5.41, 5.74) is 2.92. The summed E-state index contributed by atoms with van der Waals surface area (Å²) in [7, 11) is 3.21. The topological polar surface area (TPSA) is 80.8 Å². The SMILES string of the molecule is COc1cc2c(cc1OC)CN(C(=O)c1cc(C(=O)NC3CC3)ccn1)CC2. The molecule has 0 bridgehead atoms. The van der Waals surface area contributed by atoms with Crippen molar-refractivity contribution in [2.75, 3.05) is 20.8 Å². The standard InChI is InChI=1S/C21H23N3O4/c1-27-18-10-13-6-8-24(12-15(13)11-19(18)28-2)21(26)17-9-14(5-7-22-17)20(25)23-16-3-4-16/h5,7,9-11,16H,3-4,6,8,12H2,1-2H3,(H,23,25). The molecule has 0 radical (unpaired) electrons. The number of amides is 2. The summed E-state index contributed by atoms with van der Waals surface area (Å²) in [6.07, 6.45) is 4.28. The Balaban J connectivity index is 1.52. The summed E-state index contributed by atoms with van der Waals surface area (Å²) in [4.78, 5) is 31.2. The number of aromatic nitrogens is 1. The third-order valence-electron chi connectivity index (χ3n) is 5.16. The molecule has 0 saturated heterocycles. The number of methoxy groups -OCH3 is 2. The molecule has 2 aliphatic rings. The number of nitrogens with zero attached hydrogens (tertiary/aromatic N) is 2. The lowest BCUT2D eigenvalue weighted by Gasteiger charge is -2.29. The van der Waals surface area contributed by atoms with Gasteiger partial charge in [0.25, 0.3) is 11.8 Å². The second-order valence-corrected chi connectivity index (χ2v) is 7.13. The summed E-state index contributed by atoms with van der Waals surface area (Å²) in [6, 6.07) is 7.37. The molecule has 4 rings (SSSR count). The maximum absolute atomic E-state index is 13.0. The Morgan fingerprint density at radius 3 is 2.50 bits per heavy atom. The summed E-state index contributed by atoms with van der Waals surface area (Å²) >= 11 is 0. The molecule has 2 heterocycles. The molecule has 2 amide bonds. The zero-order chi connectivity index (χ0) is 19.7. The number of fused-ring (bicyclic) bond motifs is 1. The van der Waals surface area contributed by atoms with E-state index in [1.165, 1.54) is 6.20 Å². The van der Waals surface area contributed by atoms with Crippen LogP contribution in [0.3, 0.4) is 0 Å². The van der Waals surface area contributed by atoms with Crippen molar-refractivity contribution in [3.8, 4) is 11.5 Å². The van der Waals surface area contributed by atoms with E-state index in [9.17, 15) is 9.59 Å². The van der Waals surface area contributed by atoms with Gasteiger partial charge in [-0.2, -0.15) is 0 Å². The number of carbonyl (C=O) groups is 2. The van der Waals surface area contributed by atoms with Crippen LogP contribution >= 0.6 is 0 Å². The highest BCUT2D eigenvalue weighted by Crippen LogP contribution is 2.33. The predicted octanol–water partition coefficient (Wildman–Crippen LogP) is 2.19. The molecule has 7 nitrogen and oxygen atoms in total. The third-order valence-corrected chi connectivity index (χ3v) is 5.16. The van der Waals surface area contributed by atoms with Gasteiger partial charge in [-0.3, -0.25) is 14.6 Å². The molecule has 1 saturated carbocycles. The first-order valence-electron chi connectivity index (χ1n) is 9.39.